The molecule has 0 saturated carbocycles. The van der Waals surface area contributed by atoms with Gasteiger partial charge in [0.05, 0.1) is 11.9 Å². The molecule has 114 valence electrons. The van der Waals surface area contributed by atoms with Gasteiger partial charge < -0.3 is 5.73 Å². The third-order valence-electron chi connectivity index (χ3n) is 2.92. The van der Waals surface area contributed by atoms with Gasteiger partial charge in [0, 0.05) is 17.9 Å². The van der Waals surface area contributed by atoms with Gasteiger partial charge in [-0.15, -0.1) is 0 Å². The molecule has 3 N–H and O–H groups in total. The molecule has 0 aliphatic heterocycles. The molecule has 0 unspecified atom stereocenters. The van der Waals surface area contributed by atoms with Crippen molar-refractivity contribution in [3.8, 4) is 0 Å². The van der Waals surface area contributed by atoms with Gasteiger partial charge in [0.1, 0.15) is 10.7 Å². The van der Waals surface area contributed by atoms with Gasteiger partial charge in [-0.05, 0) is 38.5 Å². The van der Waals surface area contributed by atoms with Gasteiger partial charge in [-0.1, -0.05) is 0 Å². The fourth-order valence-electron chi connectivity index (χ4n) is 1.84. The van der Waals surface area contributed by atoms with Crippen molar-refractivity contribution in [1.29, 1.82) is 0 Å². The number of aromatic nitrogens is 2. The van der Waals surface area contributed by atoms with Crippen molar-refractivity contribution in [1.82, 2.24) is 9.78 Å². The van der Waals surface area contributed by atoms with E-state index in [-0.39, 0.29) is 23.0 Å². The number of rotatable bonds is 4. The minimum Gasteiger partial charge on any atom is -0.399 e. The van der Waals surface area contributed by atoms with Crippen molar-refractivity contribution in [2.24, 2.45) is 0 Å². The number of nitrogen functional groups attached to an aromatic ring is 1. The van der Waals surface area contributed by atoms with E-state index in [0.717, 1.165) is 6.07 Å². The summed E-state index contributed by atoms with van der Waals surface area (Å²) in [5.74, 6) is -0.812. The van der Waals surface area contributed by atoms with Crippen LogP contribution in [0.15, 0.2) is 29.4 Å². The Kier molecular flexibility index (Phi) is 3.91. The number of hydrogen-bond acceptors (Lipinski definition) is 4. The van der Waals surface area contributed by atoms with E-state index >= 15 is 0 Å². The topological polar surface area (TPSA) is 90.0 Å². The molecule has 0 saturated heterocycles. The number of anilines is 2. The monoisotopic (exact) mass is 312 g/mol. The molecule has 0 radical (unpaired) electrons. The molecule has 8 heteroatoms. The largest absolute Gasteiger partial charge is 0.399 e. The molecule has 0 fully saturated rings. The molecule has 2 rings (SSSR count). The fraction of sp³-hybridized carbons (Fsp3) is 0.308. The van der Waals surface area contributed by atoms with Gasteiger partial charge in [0.15, 0.2) is 0 Å². The van der Waals surface area contributed by atoms with Crippen molar-refractivity contribution in [3.63, 3.8) is 0 Å². The molecule has 0 atom stereocenters. The van der Waals surface area contributed by atoms with E-state index in [1.54, 1.807) is 10.9 Å². The molecule has 0 aliphatic rings. The minimum absolute atomic E-state index is 0.0922. The van der Waals surface area contributed by atoms with Crippen molar-refractivity contribution >= 4 is 21.4 Å². The van der Waals surface area contributed by atoms with E-state index in [2.05, 4.69) is 9.82 Å². The van der Waals surface area contributed by atoms with Crippen LogP contribution < -0.4 is 10.5 Å². The van der Waals surface area contributed by atoms with E-state index < -0.39 is 20.7 Å². The maximum Gasteiger partial charge on any atom is 0.265 e. The maximum absolute atomic E-state index is 14.0. The third kappa shape index (κ3) is 3.15. The van der Waals surface area contributed by atoms with E-state index in [1.807, 2.05) is 13.8 Å². The zero-order valence-corrected chi connectivity index (χ0v) is 12.8. The number of benzene rings is 1. The van der Waals surface area contributed by atoms with Gasteiger partial charge in [0.25, 0.3) is 10.0 Å². The van der Waals surface area contributed by atoms with Crippen LogP contribution in [0.3, 0.4) is 0 Å². The zero-order chi connectivity index (χ0) is 15.8. The van der Waals surface area contributed by atoms with Crippen molar-refractivity contribution in [2.45, 2.75) is 31.7 Å². The molecule has 6 nitrogen and oxygen atoms in total. The molecule has 0 aliphatic carbocycles. The first kappa shape index (κ1) is 15.3. The van der Waals surface area contributed by atoms with Gasteiger partial charge >= 0.3 is 0 Å². The highest BCUT2D eigenvalue weighted by atomic mass is 32.2. The highest BCUT2D eigenvalue weighted by molar-refractivity contribution is 7.92. The third-order valence-corrected chi connectivity index (χ3v) is 4.30. The number of sulfonamides is 1. The van der Waals surface area contributed by atoms with Crippen LogP contribution in [0.4, 0.5) is 15.8 Å². The second-order valence-corrected chi connectivity index (χ2v) is 6.71. The van der Waals surface area contributed by atoms with Gasteiger partial charge in [-0.25, -0.2) is 12.8 Å². The number of hydrogen-bond donors (Lipinski definition) is 2. The van der Waals surface area contributed by atoms with Crippen LogP contribution in [0.25, 0.3) is 0 Å². The zero-order valence-electron chi connectivity index (χ0n) is 12.0. The lowest BCUT2D eigenvalue weighted by atomic mass is 10.2. The van der Waals surface area contributed by atoms with Crippen LogP contribution in [-0.4, -0.2) is 18.2 Å². The Balaban J connectivity index is 2.38. The Labute approximate surface area is 122 Å². The quantitative estimate of drug-likeness (QED) is 0.848. The summed E-state index contributed by atoms with van der Waals surface area (Å²) < 4.78 is 42.4. The normalized spacial score (nSPS) is 11.9. The molecule has 21 heavy (non-hydrogen) atoms. The number of nitrogens with one attached hydrogen (secondary N) is 1. The van der Waals surface area contributed by atoms with E-state index in [9.17, 15) is 12.8 Å². The SMILES string of the molecule is Cc1cc(N)cc(S(=O)(=O)Nc2cnn(C(C)C)c2)c1F. The van der Waals surface area contributed by atoms with Crippen LogP contribution in [0.5, 0.6) is 0 Å². The smallest absolute Gasteiger partial charge is 0.265 e. The Bertz CT molecular complexity index is 768. The predicted molar refractivity (Wildman–Crippen MR) is 79.0 cm³/mol. The Hall–Kier alpha value is -2.09. The summed E-state index contributed by atoms with van der Waals surface area (Å²) in [6.07, 6.45) is 2.91. The molecule has 0 spiro atoms. The molecule has 1 aromatic heterocycles. The summed E-state index contributed by atoms with van der Waals surface area (Å²) in [6, 6.07) is 2.57. The van der Waals surface area contributed by atoms with Crippen LogP contribution >= 0.6 is 0 Å². The first-order valence-corrected chi connectivity index (χ1v) is 7.81. The van der Waals surface area contributed by atoms with Crippen LogP contribution in [-0.2, 0) is 10.0 Å². The van der Waals surface area contributed by atoms with Crippen molar-refractivity contribution in [3.05, 3.63) is 35.9 Å². The molecule has 2 aromatic rings. The lowest BCUT2D eigenvalue weighted by Gasteiger charge is -2.10. The van der Waals surface area contributed by atoms with Gasteiger partial charge in [-0.3, -0.25) is 9.40 Å². The summed E-state index contributed by atoms with van der Waals surface area (Å²) in [6.45, 7) is 5.28. The summed E-state index contributed by atoms with van der Waals surface area (Å²) in [7, 11) is -4.06. The average molecular weight is 312 g/mol. The molecule has 1 heterocycles. The minimum atomic E-state index is -4.06. The second-order valence-electron chi connectivity index (χ2n) is 5.06. The van der Waals surface area contributed by atoms with Gasteiger partial charge in [0.2, 0.25) is 0 Å². The van der Waals surface area contributed by atoms with Crippen LogP contribution in [0.2, 0.25) is 0 Å². The van der Waals surface area contributed by atoms with E-state index in [4.69, 9.17) is 5.73 Å². The Morgan fingerprint density at radius 3 is 2.62 bits per heavy atom. The summed E-state index contributed by atoms with van der Waals surface area (Å²) in [5.41, 5.74) is 6.22. The predicted octanol–water partition coefficient (Wildman–Crippen LogP) is 2.29. The molecule has 0 amide bonds. The van der Waals surface area contributed by atoms with E-state index in [1.165, 1.54) is 19.2 Å². The first-order valence-electron chi connectivity index (χ1n) is 6.33. The van der Waals surface area contributed by atoms with Gasteiger partial charge in [-0.2, -0.15) is 5.10 Å². The van der Waals surface area contributed by atoms with Crippen LogP contribution in [0.1, 0.15) is 25.5 Å². The number of aryl methyl sites for hydroxylation is 1. The highest BCUT2D eigenvalue weighted by Crippen LogP contribution is 2.24. The highest BCUT2D eigenvalue weighted by Gasteiger charge is 2.22. The Morgan fingerprint density at radius 2 is 2.05 bits per heavy atom. The Morgan fingerprint density at radius 1 is 1.38 bits per heavy atom. The molecular weight excluding hydrogens is 295 g/mol. The number of nitrogens with two attached hydrogens (primary N) is 1. The van der Waals surface area contributed by atoms with Crippen molar-refractivity contribution < 1.29 is 12.8 Å². The van der Waals surface area contributed by atoms with Crippen LogP contribution in [0, 0.1) is 12.7 Å². The molecular formula is C13H17FN4O2S. The summed E-state index contributed by atoms with van der Waals surface area (Å²) in [4.78, 5) is -0.475. The second kappa shape index (κ2) is 5.36. The first-order chi connectivity index (χ1) is 9.70. The number of halogens is 1. The summed E-state index contributed by atoms with van der Waals surface area (Å²) in [5, 5.41) is 4.02. The van der Waals surface area contributed by atoms with Crippen molar-refractivity contribution in [2.75, 3.05) is 10.5 Å². The standard InChI is InChI=1S/C13H17FN4O2S/c1-8(2)18-7-11(6-16-18)17-21(19,20)12-5-10(15)4-9(3)13(12)14/h4-8,17H,15H2,1-3H3. The average Bonchev–Trinajstić information content (AvgIpc) is 2.81. The lowest BCUT2D eigenvalue weighted by molar-refractivity contribution is 0.532. The number of nitrogens with zero attached hydrogens (tertiary/aromatic N) is 2. The maximum atomic E-state index is 14.0. The molecule has 0 bridgehead atoms. The fourth-order valence-corrected chi connectivity index (χ4v) is 3.06. The van der Waals surface area contributed by atoms with E-state index in [0.29, 0.717) is 0 Å². The summed E-state index contributed by atoms with van der Waals surface area (Å²) >= 11 is 0. The lowest BCUT2D eigenvalue weighted by Crippen LogP contribution is -2.15. The molecule has 1 aromatic carbocycles.